The predicted octanol–water partition coefficient (Wildman–Crippen LogP) is -3.12. The van der Waals surface area contributed by atoms with Crippen LogP contribution in [-0.4, -0.2) is 51.4 Å². The molecule has 1 saturated heterocycles. The number of nitrogens with zero attached hydrogens (tertiary/aromatic N) is 1. The van der Waals surface area contributed by atoms with Gasteiger partial charge < -0.3 is 24.6 Å². The molecule has 4 atom stereocenters. The third-order valence-electron chi connectivity index (χ3n) is 4.07. The van der Waals surface area contributed by atoms with Crippen molar-refractivity contribution < 1.29 is 58.9 Å². The van der Waals surface area contributed by atoms with E-state index in [1.807, 2.05) is 0 Å². The van der Waals surface area contributed by atoms with Crippen LogP contribution in [0.3, 0.4) is 0 Å². The molecule has 0 aromatic rings. The zero-order chi connectivity index (χ0) is 18.4. The smallest absolute Gasteiger partial charge is 0.543 e. The number of aliphatic hydroxyl groups is 1. The summed E-state index contributed by atoms with van der Waals surface area (Å²) in [5.74, 6) is -3.31. The van der Waals surface area contributed by atoms with E-state index in [4.69, 9.17) is 4.74 Å². The molecule has 0 bridgehead atoms. The minimum atomic E-state index is -1.45. The number of hydrogen-bond donors (Lipinski definition) is 1. The van der Waals surface area contributed by atoms with Crippen molar-refractivity contribution in [3.8, 4) is 0 Å². The minimum absolute atomic E-state index is 0. The average molecular weight is 379 g/mol. The topological polar surface area (TPSA) is 107 Å². The number of aliphatic carboxylic acids is 1. The summed E-state index contributed by atoms with van der Waals surface area (Å²) in [5.41, 5.74) is -0.816. The van der Waals surface area contributed by atoms with E-state index in [0.717, 1.165) is 11.8 Å². The number of rotatable bonds is 5. The summed E-state index contributed by atoms with van der Waals surface area (Å²) in [4.78, 5) is 37.1. The number of esters is 1. The standard InChI is InChI=1S/C16H23NO6S.Na/c1-7-11-10(8(2)18)14(20)17(11)12(15(21)22)13(7)24-6-9(19)23-16(3,4)5;/h7-8,10-11,18H,6H2,1-5H3,(H,21,22);/q;+1/p-1/t7-,8-,10-,11-;/m1./s1. The molecule has 0 unspecified atom stereocenters. The van der Waals surface area contributed by atoms with Crippen LogP contribution < -0.4 is 34.7 Å². The Morgan fingerprint density at radius 1 is 1.40 bits per heavy atom. The summed E-state index contributed by atoms with van der Waals surface area (Å²) < 4.78 is 5.21. The molecule has 1 N–H and O–H groups in total. The van der Waals surface area contributed by atoms with Gasteiger partial charge in [-0.25, -0.2) is 0 Å². The maximum atomic E-state index is 12.2. The number of carboxylic acids is 1. The summed E-state index contributed by atoms with van der Waals surface area (Å²) >= 11 is 1.05. The predicted molar refractivity (Wildman–Crippen MR) is 85.3 cm³/mol. The molecule has 25 heavy (non-hydrogen) atoms. The van der Waals surface area contributed by atoms with Gasteiger partial charge in [-0.05, 0) is 27.7 Å². The molecule has 2 aliphatic rings. The largest absolute Gasteiger partial charge is 1.00 e. The van der Waals surface area contributed by atoms with Gasteiger partial charge in [-0.2, -0.15) is 0 Å². The third kappa shape index (κ3) is 4.42. The Kier molecular flexibility index (Phi) is 7.20. The van der Waals surface area contributed by atoms with Crippen LogP contribution >= 0.6 is 11.8 Å². The second kappa shape index (κ2) is 8.00. The molecule has 2 rings (SSSR count). The van der Waals surface area contributed by atoms with Gasteiger partial charge in [0.05, 0.1) is 35.5 Å². The van der Waals surface area contributed by atoms with E-state index in [9.17, 15) is 24.6 Å². The first kappa shape index (κ1) is 22.5. The summed E-state index contributed by atoms with van der Waals surface area (Å²) in [5, 5.41) is 21.2. The number of thioether (sulfide) groups is 1. The number of carboxylic acid groups (broad SMARTS) is 1. The van der Waals surface area contributed by atoms with Crippen molar-refractivity contribution in [3.63, 3.8) is 0 Å². The molecule has 1 amide bonds. The molecular weight excluding hydrogens is 357 g/mol. The van der Waals surface area contributed by atoms with E-state index in [1.165, 1.54) is 11.8 Å². The average Bonchev–Trinajstić information content (AvgIpc) is 2.63. The molecule has 0 aromatic heterocycles. The van der Waals surface area contributed by atoms with E-state index >= 15 is 0 Å². The van der Waals surface area contributed by atoms with Crippen LogP contribution in [0.25, 0.3) is 0 Å². The second-order valence-corrected chi connectivity index (χ2v) is 8.15. The van der Waals surface area contributed by atoms with Gasteiger partial charge in [0.15, 0.2) is 0 Å². The summed E-state index contributed by atoms with van der Waals surface area (Å²) in [6.45, 7) is 8.54. The zero-order valence-electron chi connectivity index (χ0n) is 15.4. The first-order valence-corrected chi connectivity index (χ1v) is 8.75. The quantitative estimate of drug-likeness (QED) is 0.306. The van der Waals surface area contributed by atoms with Crippen LogP contribution in [0.2, 0.25) is 0 Å². The second-order valence-electron chi connectivity index (χ2n) is 7.13. The Hall–Kier alpha value is -0.540. The maximum absolute atomic E-state index is 12.2. The number of carbonyl (C=O) groups excluding carboxylic acids is 3. The van der Waals surface area contributed by atoms with Crippen molar-refractivity contribution >= 4 is 29.6 Å². The van der Waals surface area contributed by atoms with Gasteiger partial charge in [-0.15, -0.1) is 11.8 Å². The van der Waals surface area contributed by atoms with Gasteiger partial charge >= 0.3 is 35.5 Å². The SMILES string of the molecule is C[C@@H](O)[C@H]1C(=O)N2C(C(=O)[O-])=C(SCC(=O)OC(C)(C)C)[C@H](C)[C@H]12.[Na+]. The molecule has 0 aliphatic carbocycles. The first-order chi connectivity index (χ1) is 11.0. The van der Waals surface area contributed by atoms with E-state index in [2.05, 4.69) is 0 Å². The van der Waals surface area contributed by atoms with Crippen LogP contribution in [0.5, 0.6) is 0 Å². The van der Waals surface area contributed by atoms with Crippen molar-refractivity contribution in [2.24, 2.45) is 11.8 Å². The van der Waals surface area contributed by atoms with Crippen molar-refractivity contribution in [3.05, 3.63) is 10.6 Å². The number of carbonyl (C=O) groups is 3. The minimum Gasteiger partial charge on any atom is -0.543 e. The number of amides is 1. The van der Waals surface area contributed by atoms with Gasteiger partial charge in [0.2, 0.25) is 5.91 Å². The van der Waals surface area contributed by atoms with Crippen molar-refractivity contribution in [1.82, 2.24) is 4.90 Å². The summed E-state index contributed by atoms with van der Waals surface area (Å²) in [7, 11) is 0. The van der Waals surface area contributed by atoms with Crippen molar-refractivity contribution in [1.29, 1.82) is 0 Å². The van der Waals surface area contributed by atoms with E-state index in [-0.39, 0.29) is 46.9 Å². The summed E-state index contributed by atoms with van der Waals surface area (Å²) in [6.07, 6.45) is -0.862. The molecule has 2 heterocycles. The van der Waals surface area contributed by atoms with Crippen molar-refractivity contribution in [2.45, 2.75) is 52.4 Å². The third-order valence-corrected chi connectivity index (χ3v) is 5.32. The van der Waals surface area contributed by atoms with E-state index in [0.29, 0.717) is 4.91 Å². The van der Waals surface area contributed by atoms with Gasteiger partial charge in [0, 0.05) is 10.8 Å². The molecular formula is C16H22NNaO6S. The van der Waals surface area contributed by atoms with Crippen LogP contribution in [0.1, 0.15) is 34.6 Å². The fraction of sp³-hybridized carbons (Fsp3) is 0.688. The van der Waals surface area contributed by atoms with E-state index < -0.39 is 41.5 Å². The number of ether oxygens (including phenoxy) is 1. The van der Waals surface area contributed by atoms with Gasteiger partial charge in [0.25, 0.3) is 0 Å². The number of fused-ring (bicyclic) bond motifs is 1. The monoisotopic (exact) mass is 379 g/mol. The molecule has 0 saturated carbocycles. The molecule has 1 fully saturated rings. The van der Waals surface area contributed by atoms with Crippen molar-refractivity contribution in [2.75, 3.05) is 5.75 Å². The normalized spacial score (nSPS) is 26.6. The first-order valence-electron chi connectivity index (χ1n) is 7.77. The Labute approximate surface area is 173 Å². The fourth-order valence-electron chi connectivity index (χ4n) is 3.21. The number of β-lactam (4-membered cyclic amide) rings is 1. The molecule has 0 radical (unpaired) electrons. The fourth-order valence-corrected chi connectivity index (χ4v) is 4.27. The summed E-state index contributed by atoms with van der Waals surface area (Å²) in [6, 6.07) is -0.411. The van der Waals surface area contributed by atoms with Crippen LogP contribution in [0.15, 0.2) is 10.6 Å². The molecule has 9 heteroatoms. The molecule has 0 spiro atoms. The molecule has 7 nitrogen and oxygen atoms in total. The molecule has 0 aromatic carbocycles. The zero-order valence-corrected chi connectivity index (χ0v) is 18.2. The molecule has 134 valence electrons. The Morgan fingerprint density at radius 2 is 1.96 bits per heavy atom. The van der Waals surface area contributed by atoms with Gasteiger partial charge in [0.1, 0.15) is 5.60 Å². The molecule has 2 aliphatic heterocycles. The Bertz CT molecular complexity index is 612. The Morgan fingerprint density at radius 3 is 2.40 bits per heavy atom. The number of aliphatic hydroxyl groups excluding tert-OH is 1. The van der Waals surface area contributed by atoms with E-state index in [1.54, 1.807) is 27.7 Å². The Balaban J connectivity index is 0.00000312. The maximum Gasteiger partial charge on any atom is 1.00 e. The van der Waals surface area contributed by atoms with Crippen LogP contribution in [-0.2, 0) is 19.1 Å². The van der Waals surface area contributed by atoms with Crippen LogP contribution in [0.4, 0.5) is 0 Å². The van der Waals surface area contributed by atoms with Crippen LogP contribution in [0, 0.1) is 11.8 Å². The number of hydrogen-bond acceptors (Lipinski definition) is 7. The van der Waals surface area contributed by atoms with Gasteiger partial charge in [-0.1, -0.05) is 6.92 Å². The van der Waals surface area contributed by atoms with Gasteiger partial charge in [-0.3, -0.25) is 9.59 Å².